The molecule has 0 aromatic heterocycles. The summed E-state index contributed by atoms with van der Waals surface area (Å²) in [6, 6.07) is 4.49. The fraction of sp³-hybridized carbons (Fsp3) is 0.500. The zero-order valence-corrected chi connectivity index (χ0v) is 12.5. The van der Waals surface area contributed by atoms with Crippen molar-refractivity contribution in [2.24, 2.45) is 5.73 Å². The molecule has 1 heterocycles. The van der Waals surface area contributed by atoms with Crippen molar-refractivity contribution < 1.29 is 9.18 Å². The van der Waals surface area contributed by atoms with Crippen molar-refractivity contribution in [3.8, 4) is 0 Å². The number of carbonyl (C=O) groups excluding carboxylic acids is 1. The Labute approximate surface area is 121 Å². The molecule has 1 fully saturated rings. The van der Waals surface area contributed by atoms with Gasteiger partial charge in [0.05, 0.1) is 10.0 Å². The topological polar surface area (TPSA) is 46.3 Å². The molecule has 2 atom stereocenters. The predicted octanol–water partition coefficient (Wildman–Crippen LogP) is 2.93. The van der Waals surface area contributed by atoms with Crippen molar-refractivity contribution in [3.05, 3.63) is 34.1 Å². The van der Waals surface area contributed by atoms with E-state index in [1.165, 1.54) is 6.07 Å². The van der Waals surface area contributed by atoms with Crippen LogP contribution in [0.3, 0.4) is 0 Å². The Bertz CT molecular complexity index is 479. The van der Waals surface area contributed by atoms with E-state index in [-0.39, 0.29) is 22.5 Å². The Hall–Kier alpha value is -0.940. The lowest BCUT2D eigenvalue weighted by molar-refractivity contribution is 0.0582. The van der Waals surface area contributed by atoms with Gasteiger partial charge in [0.15, 0.2) is 0 Å². The van der Waals surface area contributed by atoms with Gasteiger partial charge in [0, 0.05) is 18.6 Å². The Morgan fingerprint density at radius 2 is 2.26 bits per heavy atom. The van der Waals surface area contributed by atoms with Crippen LogP contribution in [0.5, 0.6) is 0 Å². The third-order valence-electron chi connectivity index (χ3n) is 3.60. The third kappa shape index (κ3) is 2.98. The van der Waals surface area contributed by atoms with E-state index in [2.05, 4.69) is 15.9 Å². The first-order valence-corrected chi connectivity index (χ1v) is 7.32. The Morgan fingerprint density at radius 3 is 2.95 bits per heavy atom. The van der Waals surface area contributed by atoms with Crippen molar-refractivity contribution >= 4 is 21.8 Å². The molecule has 2 N–H and O–H groups in total. The number of halogens is 2. The Morgan fingerprint density at radius 1 is 1.53 bits per heavy atom. The van der Waals surface area contributed by atoms with Crippen LogP contribution in [-0.2, 0) is 0 Å². The van der Waals surface area contributed by atoms with E-state index >= 15 is 0 Å². The van der Waals surface area contributed by atoms with Gasteiger partial charge in [-0.25, -0.2) is 4.39 Å². The SMILES string of the molecule is CC(N)C1CCCCN1C(=O)c1cccc(F)c1Br. The summed E-state index contributed by atoms with van der Waals surface area (Å²) < 4.78 is 13.8. The maximum atomic E-state index is 13.5. The number of nitrogens with two attached hydrogens (primary N) is 1. The Kier molecular flexibility index (Phi) is 4.58. The number of rotatable bonds is 2. The average molecular weight is 329 g/mol. The molecule has 0 bridgehead atoms. The number of piperidine rings is 1. The molecule has 19 heavy (non-hydrogen) atoms. The highest BCUT2D eigenvalue weighted by Gasteiger charge is 2.30. The van der Waals surface area contributed by atoms with E-state index < -0.39 is 5.82 Å². The van der Waals surface area contributed by atoms with Crippen LogP contribution in [-0.4, -0.2) is 29.4 Å². The molecule has 5 heteroatoms. The molecule has 1 aliphatic rings. The molecule has 1 saturated heterocycles. The highest BCUT2D eigenvalue weighted by molar-refractivity contribution is 9.10. The van der Waals surface area contributed by atoms with Crippen molar-refractivity contribution in [2.75, 3.05) is 6.54 Å². The summed E-state index contributed by atoms with van der Waals surface area (Å²) in [5, 5.41) is 0. The number of likely N-dealkylation sites (tertiary alicyclic amines) is 1. The fourth-order valence-electron chi connectivity index (χ4n) is 2.58. The Balaban J connectivity index is 2.29. The molecule has 1 amide bonds. The minimum Gasteiger partial charge on any atom is -0.334 e. The fourth-order valence-corrected chi connectivity index (χ4v) is 3.01. The lowest BCUT2D eigenvalue weighted by atomic mass is 9.96. The number of amides is 1. The summed E-state index contributed by atoms with van der Waals surface area (Å²) in [5.41, 5.74) is 6.33. The first kappa shape index (κ1) is 14.5. The van der Waals surface area contributed by atoms with Crippen molar-refractivity contribution in [1.82, 2.24) is 4.90 Å². The molecule has 1 aromatic rings. The molecule has 104 valence electrons. The molecular formula is C14H18BrFN2O. The van der Waals surface area contributed by atoms with Crippen LogP contribution in [0.15, 0.2) is 22.7 Å². The molecule has 0 saturated carbocycles. The molecule has 2 unspecified atom stereocenters. The molecule has 1 aromatic carbocycles. The van der Waals surface area contributed by atoms with Crippen molar-refractivity contribution in [2.45, 2.75) is 38.3 Å². The van der Waals surface area contributed by atoms with Crippen LogP contribution < -0.4 is 5.73 Å². The van der Waals surface area contributed by atoms with Crippen LogP contribution in [0.25, 0.3) is 0 Å². The maximum Gasteiger partial charge on any atom is 0.255 e. The first-order chi connectivity index (χ1) is 9.02. The van der Waals surface area contributed by atoms with Gasteiger partial charge in [0.2, 0.25) is 0 Å². The normalized spacial score (nSPS) is 21.3. The molecule has 0 spiro atoms. The van der Waals surface area contributed by atoms with Gasteiger partial charge in [-0.1, -0.05) is 6.07 Å². The first-order valence-electron chi connectivity index (χ1n) is 6.53. The van der Waals surface area contributed by atoms with Crippen LogP contribution in [0.1, 0.15) is 36.5 Å². The molecular weight excluding hydrogens is 311 g/mol. The van der Waals surface area contributed by atoms with Gasteiger partial charge < -0.3 is 10.6 Å². The summed E-state index contributed by atoms with van der Waals surface area (Å²) in [6.07, 6.45) is 2.97. The van der Waals surface area contributed by atoms with Gasteiger partial charge in [0.1, 0.15) is 5.82 Å². The van der Waals surface area contributed by atoms with Crippen molar-refractivity contribution in [3.63, 3.8) is 0 Å². The smallest absolute Gasteiger partial charge is 0.255 e. The summed E-state index contributed by atoms with van der Waals surface area (Å²) >= 11 is 3.15. The number of hydrogen-bond acceptors (Lipinski definition) is 2. The van der Waals surface area contributed by atoms with E-state index in [1.54, 1.807) is 17.0 Å². The molecule has 3 nitrogen and oxygen atoms in total. The van der Waals surface area contributed by atoms with Crippen molar-refractivity contribution in [1.29, 1.82) is 0 Å². The summed E-state index contributed by atoms with van der Waals surface area (Å²) in [6.45, 7) is 2.60. The van der Waals surface area contributed by atoms with E-state index in [0.717, 1.165) is 19.3 Å². The molecule has 1 aliphatic heterocycles. The number of benzene rings is 1. The largest absolute Gasteiger partial charge is 0.334 e. The van der Waals surface area contributed by atoms with E-state index in [0.29, 0.717) is 12.1 Å². The standard InChI is InChI=1S/C14H18BrFN2O/c1-9(17)12-7-2-3-8-18(12)14(19)10-5-4-6-11(16)13(10)15/h4-6,9,12H,2-3,7-8,17H2,1H3. The second kappa shape index (κ2) is 6.01. The predicted molar refractivity (Wildman–Crippen MR) is 76.4 cm³/mol. The van der Waals surface area contributed by atoms with E-state index in [4.69, 9.17) is 5.73 Å². The molecule has 0 radical (unpaired) electrons. The van der Waals surface area contributed by atoms with E-state index in [9.17, 15) is 9.18 Å². The average Bonchev–Trinajstić information content (AvgIpc) is 2.41. The van der Waals surface area contributed by atoms with Gasteiger partial charge in [-0.05, 0) is 54.2 Å². The van der Waals surface area contributed by atoms with E-state index in [1.807, 2.05) is 6.92 Å². The second-order valence-corrected chi connectivity index (χ2v) is 5.82. The van der Waals surface area contributed by atoms with Gasteiger partial charge in [-0.3, -0.25) is 4.79 Å². The van der Waals surface area contributed by atoms with Crippen LogP contribution in [0.4, 0.5) is 4.39 Å². The van der Waals surface area contributed by atoms with Crippen LogP contribution >= 0.6 is 15.9 Å². The summed E-state index contributed by atoms with van der Waals surface area (Å²) in [4.78, 5) is 14.3. The minimum absolute atomic E-state index is 0.0383. The third-order valence-corrected chi connectivity index (χ3v) is 4.40. The minimum atomic E-state index is -0.416. The molecule has 0 aliphatic carbocycles. The number of carbonyl (C=O) groups is 1. The maximum absolute atomic E-state index is 13.5. The van der Waals surface area contributed by atoms with Gasteiger partial charge in [0.25, 0.3) is 5.91 Å². The highest BCUT2D eigenvalue weighted by atomic mass is 79.9. The second-order valence-electron chi connectivity index (χ2n) is 5.02. The highest BCUT2D eigenvalue weighted by Crippen LogP contribution is 2.26. The van der Waals surface area contributed by atoms with Crippen LogP contribution in [0, 0.1) is 5.82 Å². The lowest BCUT2D eigenvalue weighted by Crippen LogP contribution is -2.51. The summed E-state index contributed by atoms with van der Waals surface area (Å²) in [5.74, 6) is -0.561. The van der Waals surface area contributed by atoms with Gasteiger partial charge in [-0.15, -0.1) is 0 Å². The number of hydrogen-bond donors (Lipinski definition) is 1. The van der Waals surface area contributed by atoms with Gasteiger partial charge in [-0.2, -0.15) is 0 Å². The zero-order chi connectivity index (χ0) is 14.0. The van der Waals surface area contributed by atoms with Crippen LogP contribution in [0.2, 0.25) is 0 Å². The summed E-state index contributed by atoms with van der Waals surface area (Å²) in [7, 11) is 0. The molecule has 2 rings (SSSR count). The zero-order valence-electron chi connectivity index (χ0n) is 10.9. The van der Waals surface area contributed by atoms with Gasteiger partial charge >= 0.3 is 0 Å². The lowest BCUT2D eigenvalue weighted by Gasteiger charge is -2.38. The monoisotopic (exact) mass is 328 g/mol. The quantitative estimate of drug-likeness (QED) is 0.907. The number of nitrogens with zero attached hydrogens (tertiary/aromatic N) is 1.